The van der Waals surface area contributed by atoms with Gasteiger partial charge >= 0.3 is 0 Å². The van der Waals surface area contributed by atoms with Crippen molar-refractivity contribution in [3.05, 3.63) is 65.4 Å². The predicted molar refractivity (Wildman–Crippen MR) is 147 cm³/mol. The molecule has 10 heteroatoms. The van der Waals surface area contributed by atoms with Gasteiger partial charge in [-0.15, -0.1) is 0 Å². The number of amides is 1. The molecule has 0 radical (unpaired) electrons. The van der Waals surface area contributed by atoms with E-state index < -0.39 is 15.2 Å². The Morgan fingerprint density at radius 3 is 2.38 bits per heavy atom. The van der Waals surface area contributed by atoms with Gasteiger partial charge < -0.3 is 14.4 Å². The van der Waals surface area contributed by atoms with E-state index in [1.54, 1.807) is 24.9 Å². The van der Waals surface area contributed by atoms with Crippen LogP contribution in [0.3, 0.4) is 0 Å². The quantitative estimate of drug-likeness (QED) is 0.329. The number of ether oxygens (including phenoxy) is 2. The molecule has 0 N–H and O–H groups in total. The molecule has 0 saturated carbocycles. The lowest BCUT2D eigenvalue weighted by molar-refractivity contribution is -0.134. The zero-order chi connectivity index (χ0) is 26.9. The van der Waals surface area contributed by atoms with Crippen molar-refractivity contribution in [3.63, 3.8) is 0 Å². The number of fused-ring (bicyclic) bond motifs is 3. The van der Waals surface area contributed by atoms with Crippen LogP contribution in [0.2, 0.25) is 0 Å². The van der Waals surface area contributed by atoms with Crippen LogP contribution in [0.25, 0.3) is 10.9 Å². The zero-order valence-corrected chi connectivity index (χ0v) is 23.4. The number of rotatable bonds is 4. The van der Waals surface area contributed by atoms with E-state index in [0.29, 0.717) is 39.2 Å². The van der Waals surface area contributed by atoms with Gasteiger partial charge in [-0.2, -0.15) is 0 Å². The fourth-order valence-electron chi connectivity index (χ4n) is 5.56. The number of para-hydroxylation sites is 1. The summed E-state index contributed by atoms with van der Waals surface area (Å²) in [5.74, 6) is 0.152. The first-order valence-corrected chi connectivity index (χ1v) is 12.8. The van der Waals surface area contributed by atoms with Gasteiger partial charge in [0.05, 0.1) is 46.6 Å². The molecule has 0 bridgehead atoms. The highest BCUT2D eigenvalue weighted by molar-refractivity contribution is 6.76. The largest absolute Gasteiger partial charge is 0.496 e. The number of nitrogens with zero attached hydrogens (tertiary/aromatic N) is 3. The van der Waals surface area contributed by atoms with E-state index in [9.17, 15) is 9.59 Å². The Labute approximate surface area is 230 Å². The van der Waals surface area contributed by atoms with Crippen molar-refractivity contribution in [3.8, 4) is 11.5 Å². The van der Waals surface area contributed by atoms with Crippen molar-refractivity contribution < 1.29 is 19.1 Å². The van der Waals surface area contributed by atoms with Crippen molar-refractivity contribution >= 4 is 63.2 Å². The topological polar surface area (TPSA) is 60.8 Å². The Morgan fingerprint density at radius 1 is 1.05 bits per heavy atom. The van der Waals surface area contributed by atoms with E-state index in [-0.39, 0.29) is 12.5 Å². The molecule has 0 unspecified atom stereocenters. The average Bonchev–Trinajstić information content (AvgIpc) is 3.20. The molecule has 37 heavy (non-hydrogen) atoms. The van der Waals surface area contributed by atoms with Crippen molar-refractivity contribution in [1.82, 2.24) is 14.0 Å². The first-order chi connectivity index (χ1) is 17.4. The number of benzene rings is 2. The lowest BCUT2D eigenvalue weighted by atomic mass is 9.76. The first-order valence-electron chi connectivity index (χ1n) is 11.7. The van der Waals surface area contributed by atoms with Crippen LogP contribution in [0, 0.1) is 0 Å². The second-order valence-electron chi connectivity index (χ2n) is 10.1. The number of carbonyl (C=O) groups excluding carboxylic acids is 2. The summed E-state index contributed by atoms with van der Waals surface area (Å²) in [5.41, 5.74) is 2.55. The predicted octanol–water partition coefficient (Wildman–Crippen LogP) is 5.06. The van der Waals surface area contributed by atoms with Crippen molar-refractivity contribution in [1.29, 1.82) is 0 Å². The normalized spacial score (nSPS) is 19.2. The Kier molecular flexibility index (Phi) is 6.07. The molecule has 5 rings (SSSR count). The zero-order valence-electron chi connectivity index (χ0n) is 21.1. The van der Waals surface area contributed by atoms with Crippen LogP contribution in [0.1, 0.15) is 21.6 Å². The Hall–Kier alpha value is -2.71. The van der Waals surface area contributed by atoms with Gasteiger partial charge in [0.15, 0.2) is 0 Å². The third-order valence-electron chi connectivity index (χ3n) is 7.19. The van der Waals surface area contributed by atoms with Gasteiger partial charge in [-0.25, -0.2) is 0 Å². The average molecular weight is 564 g/mol. The number of quaternary nitrogens is 1. The number of alkyl halides is 3. The van der Waals surface area contributed by atoms with E-state index >= 15 is 0 Å². The third-order valence-corrected chi connectivity index (χ3v) is 7.68. The number of halogens is 3. The second kappa shape index (κ2) is 8.67. The molecule has 2 aromatic carbocycles. The fraction of sp³-hybridized carbons (Fsp3) is 0.333. The highest BCUT2D eigenvalue weighted by atomic mass is 35.6. The van der Waals surface area contributed by atoms with Gasteiger partial charge in [-0.05, 0) is 36.3 Å². The molecule has 1 aromatic heterocycles. The molecule has 0 spiro atoms. The molecule has 1 amide bonds. The molecule has 1 atom stereocenters. The third kappa shape index (κ3) is 3.75. The van der Waals surface area contributed by atoms with Gasteiger partial charge in [-0.3, -0.25) is 18.6 Å². The SMILES string of the molecule is COc1cc([N+](C)(C)C)ccc1[C@@]12C=CC(=O)n3c1c(c1cccc(OC)c13)CCN2C(=O)C(Cl)(Cl)Cl. The minimum Gasteiger partial charge on any atom is -0.496 e. The lowest BCUT2D eigenvalue weighted by Gasteiger charge is -2.48. The number of aromatic nitrogens is 1. The fourth-order valence-corrected chi connectivity index (χ4v) is 5.87. The molecule has 3 heterocycles. The van der Waals surface area contributed by atoms with Crippen molar-refractivity contribution in [2.45, 2.75) is 15.8 Å². The molecule has 0 saturated heterocycles. The first kappa shape index (κ1) is 25.9. The molecule has 0 aliphatic carbocycles. The monoisotopic (exact) mass is 562 g/mol. The van der Waals surface area contributed by atoms with Gasteiger partial charge in [0.1, 0.15) is 22.7 Å². The molecule has 0 fully saturated rings. The van der Waals surface area contributed by atoms with Crippen LogP contribution in [0.4, 0.5) is 5.69 Å². The highest BCUT2D eigenvalue weighted by Gasteiger charge is 2.55. The van der Waals surface area contributed by atoms with Crippen LogP contribution >= 0.6 is 34.8 Å². The minimum absolute atomic E-state index is 0.253. The maximum absolute atomic E-state index is 13.7. The van der Waals surface area contributed by atoms with Crippen LogP contribution < -0.4 is 14.0 Å². The lowest BCUT2D eigenvalue weighted by Crippen LogP contribution is -2.58. The second-order valence-corrected chi connectivity index (χ2v) is 12.3. The van der Waals surface area contributed by atoms with E-state index in [4.69, 9.17) is 44.3 Å². The summed E-state index contributed by atoms with van der Waals surface area (Å²) >= 11 is 18.5. The van der Waals surface area contributed by atoms with E-state index in [0.717, 1.165) is 16.6 Å². The Bertz CT molecular complexity index is 1480. The molecule has 3 aromatic rings. The van der Waals surface area contributed by atoms with Gasteiger partial charge in [0, 0.05) is 29.6 Å². The summed E-state index contributed by atoms with van der Waals surface area (Å²) in [5, 5.41) is 0.874. The summed E-state index contributed by atoms with van der Waals surface area (Å²) < 4.78 is 11.5. The highest BCUT2D eigenvalue weighted by Crippen LogP contribution is 2.53. The molecule has 2 aliphatic rings. The van der Waals surface area contributed by atoms with E-state index in [1.807, 2.05) is 57.5 Å². The molecule has 194 valence electrons. The van der Waals surface area contributed by atoms with Crippen LogP contribution in [0.15, 0.2) is 48.6 Å². The molecular weight excluding hydrogens is 537 g/mol. The number of hydrogen-bond acceptors (Lipinski definition) is 4. The Balaban J connectivity index is 1.94. The number of allylic oxidation sites excluding steroid dienone is 1. The van der Waals surface area contributed by atoms with Crippen LogP contribution in [-0.4, -0.2) is 67.0 Å². The van der Waals surface area contributed by atoms with Gasteiger partial charge in [0.25, 0.3) is 15.6 Å². The summed E-state index contributed by atoms with van der Waals surface area (Å²) in [6, 6.07) is 11.5. The maximum atomic E-state index is 13.7. The summed E-state index contributed by atoms with van der Waals surface area (Å²) in [7, 11) is 9.29. The molecular formula is C27H27Cl3N3O4+. The van der Waals surface area contributed by atoms with E-state index in [1.165, 1.54) is 11.0 Å². The molecule has 2 aliphatic heterocycles. The number of hydrogen-bond donors (Lipinski definition) is 0. The number of carbonyl (C=O) groups is 2. The Morgan fingerprint density at radius 2 is 1.76 bits per heavy atom. The minimum atomic E-state index is -2.20. The van der Waals surface area contributed by atoms with Gasteiger partial charge in [-0.1, -0.05) is 46.9 Å². The molecule has 7 nitrogen and oxygen atoms in total. The standard InChI is InChI=1S/C27H27Cl3N3O4/c1-33(2,3)16-9-10-19(21(15-16)37-5)26-13-11-22(34)32-23-17(7-6-8-20(23)36-4)18(24(26)32)12-14-31(26)25(35)27(28,29)30/h6-11,13,15H,12,14H2,1-5H3/q+1/t26-/m0/s1. The smallest absolute Gasteiger partial charge is 0.276 e. The summed E-state index contributed by atoms with van der Waals surface area (Å²) in [6.07, 6.45) is 3.64. The van der Waals surface area contributed by atoms with Gasteiger partial charge in [0.2, 0.25) is 0 Å². The summed E-state index contributed by atoms with van der Waals surface area (Å²) in [6.45, 7) is 0.259. The van der Waals surface area contributed by atoms with E-state index in [2.05, 4.69) is 0 Å². The number of methoxy groups -OCH3 is 2. The van der Waals surface area contributed by atoms with Crippen LogP contribution in [0.5, 0.6) is 11.5 Å². The van der Waals surface area contributed by atoms with Crippen molar-refractivity contribution in [2.75, 3.05) is 41.9 Å². The van der Waals surface area contributed by atoms with Crippen molar-refractivity contribution in [2.24, 2.45) is 0 Å². The van der Waals surface area contributed by atoms with Crippen LogP contribution in [-0.2, 0) is 16.8 Å². The maximum Gasteiger partial charge on any atom is 0.276 e. The summed E-state index contributed by atoms with van der Waals surface area (Å²) in [4.78, 5) is 28.7.